The van der Waals surface area contributed by atoms with Crippen LogP contribution in [0.4, 0.5) is 0 Å². The van der Waals surface area contributed by atoms with Crippen LogP contribution in [-0.2, 0) is 0 Å². The third kappa shape index (κ3) is 2.69. The number of hydrogen-bond donors (Lipinski definition) is 1. The van der Waals surface area contributed by atoms with Gasteiger partial charge < -0.3 is 14.5 Å². The lowest BCUT2D eigenvalue weighted by molar-refractivity contribution is 0.268. The average molecular weight is 295 g/mol. The molecule has 1 saturated heterocycles. The third-order valence-corrected chi connectivity index (χ3v) is 4.50. The van der Waals surface area contributed by atoms with Gasteiger partial charge in [-0.1, -0.05) is 24.6 Å². The monoisotopic (exact) mass is 295 g/mol. The van der Waals surface area contributed by atoms with E-state index in [1.165, 1.54) is 19.3 Å². The number of piperidine rings is 1. The van der Waals surface area contributed by atoms with E-state index in [4.69, 9.17) is 9.15 Å². The van der Waals surface area contributed by atoms with E-state index in [0.29, 0.717) is 6.04 Å². The Hall–Kier alpha value is -2.00. The van der Waals surface area contributed by atoms with Gasteiger partial charge >= 0.3 is 0 Å². The molecule has 1 aliphatic heterocycles. The number of furan rings is 1. The van der Waals surface area contributed by atoms with Crippen molar-refractivity contribution in [2.45, 2.75) is 31.7 Å². The van der Waals surface area contributed by atoms with Crippen LogP contribution in [0.5, 0.6) is 5.75 Å². The van der Waals surface area contributed by atoms with E-state index in [2.05, 4.69) is 17.4 Å². The summed E-state index contributed by atoms with van der Waals surface area (Å²) in [5.41, 5.74) is 1.85. The van der Waals surface area contributed by atoms with Gasteiger partial charge in [-0.2, -0.15) is 0 Å². The van der Waals surface area contributed by atoms with Crippen LogP contribution in [0, 0.1) is 0 Å². The fourth-order valence-corrected chi connectivity index (χ4v) is 3.28. The molecule has 4 rings (SSSR count). The second-order valence-electron chi connectivity index (χ2n) is 6.04. The van der Waals surface area contributed by atoms with Gasteiger partial charge in [-0.05, 0) is 50.1 Å². The van der Waals surface area contributed by atoms with E-state index < -0.39 is 0 Å². The van der Waals surface area contributed by atoms with Gasteiger partial charge in [0.05, 0.1) is 6.61 Å². The molecule has 0 radical (unpaired) electrons. The molecule has 0 aliphatic carbocycles. The SMILES string of the molecule is c1ccc2c(c1)oc1ccc(OCCC3CCCCN3)cc12. The lowest BCUT2D eigenvalue weighted by atomic mass is 10.0. The van der Waals surface area contributed by atoms with Crippen LogP contribution >= 0.6 is 0 Å². The Bertz CT molecular complexity index is 771. The summed E-state index contributed by atoms with van der Waals surface area (Å²) in [5.74, 6) is 0.926. The largest absolute Gasteiger partial charge is 0.494 e. The molecule has 1 fully saturated rings. The summed E-state index contributed by atoms with van der Waals surface area (Å²) in [6, 6.07) is 14.9. The van der Waals surface area contributed by atoms with Gasteiger partial charge in [0.1, 0.15) is 16.9 Å². The van der Waals surface area contributed by atoms with Crippen LogP contribution in [0.3, 0.4) is 0 Å². The molecule has 2 heterocycles. The Kier molecular flexibility index (Phi) is 3.73. The van der Waals surface area contributed by atoms with Crippen molar-refractivity contribution in [2.75, 3.05) is 13.2 Å². The van der Waals surface area contributed by atoms with Gasteiger partial charge in [0.2, 0.25) is 0 Å². The molecule has 3 aromatic rings. The highest BCUT2D eigenvalue weighted by Gasteiger charge is 2.12. The van der Waals surface area contributed by atoms with Gasteiger partial charge in [0.25, 0.3) is 0 Å². The zero-order valence-corrected chi connectivity index (χ0v) is 12.7. The first kappa shape index (κ1) is 13.6. The number of fused-ring (bicyclic) bond motifs is 3. The first-order chi connectivity index (χ1) is 10.9. The fraction of sp³-hybridized carbons (Fsp3) is 0.368. The molecule has 0 bridgehead atoms. The molecule has 1 N–H and O–H groups in total. The van der Waals surface area contributed by atoms with Crippen molar-refractivity contribution in [3.63, 3.8) is 0 Å². The molecular weight excluding hydrogens is 274 g/mol. The Labute approximate surface area is 130 Å². The number of hydrogen-bond acceptors (Lipinski definition) is 3. The zero-order chi connectivity index (χ0) is 14.8. The standard InChI is InChI=1S/C19H21NO2/c1-2-7-18-16(6-1)17-13-15(8-9-19(17)22-18)21-12-10-14-5-3-4-11-20-14/h1-2,6-9,13-14,20H,3-5,10-12H2. The highest BCUT2D eigenvalue weighted by Crippen LogP contribution is 2.31. The van der Waals surface area contributed by atoms with E-state index in [1.54, 1.807) is 0 Å². The van der Waals surface area contributed by atoms with E-state index in [-0.39, 0.29) is 0 Å². The molecule has 1 aliphatic rings. The smallest absolute Gasteiger partial charge is 0.135 e. The fourth-order valence-electron chi connectivity index (χ4n) is 3.28. The number of ether oxygens (including phenoxy) is 1. The maximum atomic E-state index is 5.95. The lowest BCUT2D eigenvalue weighted by Crippen LogP contribution is -2.35. The molecule has 0 spiro atoms. The van der Waals surface area contributed by atoms with Crippen molar-refractivity contribution in [3.8, 4) is 5.75 Å². The number of para-hydroxylation sites is 1. The molecule has 3 nitrogen and oxygen atoms in total. The quantitative estimate of drug-likeness (QED) is 0.769. The number of benzene rings is 2. The summed E-state index contributed by atoms with van der Waals surface area (Å²) in [6.45, 7) is 1.91. The third-order valence-electron chi connectivity index (χ3n) is 4.50. The molecule has 2 aromatic carbocycles. The van der Waals surface area contributed by atoms with Crippen LogP contribution in [0.15, 0.2) is 46.9 Å². The molecule has 22 heavy (non-hydrogen) atoms. The topological polar surface area (TPSA) is 34.4 Å². The molecule has 1 aromatic heterocycles. The van der Waals surface area contributed by atoms with Gasteiger partial charge in [0, 0.05) is 16.8 Å². The Balaban J connectivity index is 1.48. The summed E-state index contributed by atoms with van der Waals surface area (Å²) in [5, 5.41) is 5.84. The van der Waals surface area contributed by atoms with E-state index in [0.717, 1.165) is 47.3 Å². The molecule has 114 valence electrons. The Morgan fingerprint density at radius 1 is 1.05 bits per heavy atom. The number of nitrogens with one attached hydrogen (secondary N) is 1. The summed E-state index contributed by atoms with van der Waals surface area (Å²) in [7, 11) is 0. The van der Waals surface area contributed by atoms with E-state index in [9.17, 15) is 0 Å². The molecule has 1 atom stereocenters. The average Bonchev–Trinajstić information content (AvgIpc) is 2.94. The van der Waals surface area contributed by atoms with Crippen LogP contribution in [0.25, 0.3) is 21.9 Å². The molecule has 3 heteroatoms. The molecule has 1 unspecified atom stereocenters. The minimum Gasteiger partial charge on any atom is -0.494 e. The van der Waals surface area contributed by atoms with E-state index in [1.807, 2.05) is 30.3 Å². The zero-order valence-electron chi connectivity index (χ0n) is 12.7. The predicted molar refractivity (Wildman–Crippen MR) is 89.5 cm³/mol. The van der Waals surface area contributed by atoms with Gasteiger partial charge in [-0.25, -0.2) is 0 Å². The van der Waals surface area contributed by atoms with Crippen LogP contribution in [0.1, 0.15) is 25.7 Å². The minimum atomic E-state index is 0.618. The van der Waals surface area contributed by atoms with E-state index >= 15 is 0 Å². The first-order valence-electron chi connectivity index (χ1n) is 8.18. The molecule has 0 saturated carbocycles. The predicted octanol–water partition coefficient (Wildman–Crippen LogP) is 4.50. The Morgan fingerprint density at radius 3 is 2.86 bits per heavy atom. The second kappa shape index (κ2) is 6.01. The maximum Gasteiger partial charge on any atom is 0.135 e. The van der Waals surface area contributed by atoms with Gasteiger partial charge in [0.15, 0.2) is 0 Å². The maximum absolute atomic E-state index is 5.95. The number of rotatable bonds is 4. The van der Waals surface area contributed by atoms with Crippen molar-refractivity contribution in [1.29, 1.82) is 0 Å². The molecule has 0 amide bonds. The van der Waals surface area contributed by atoms with Crippen molar-refractivity contribution in [3.05, 3.63) is 42.5 Å². The summed E-state index contributed by atoms with van der Waals surface area (Å²) in [6.07, 6.45) is 4.99. The van der Waals surface area contributed by atoms with Crippen molar-refractivity contribution in [2.24, 2.45) is 0 Å². The van der Waals surface area contributed by atoms with Gasteiger partial charge in [-0.15, -0.1) is 0 Å². The molecular formula is C19H21NO2. The second-order valence-corrected chi connectivity index (χ2v) is 6.04. The van der Waals surface area contributed by atoms with Crippen LogP contribution in [-0.4, -0.2) is 19.2 Å². The summed E-state index contributed by atoms with van der Waals surface area (Å²) < 4.78 is 11.8. The summed E-state index contributed by atoms with van der Waals surface area (Å²) in [4.78, 5) is 0. The normalized spacial score (nSPS) is 18.8. The first-order valence-corrected chi connectivity index (χ1v) is 8.18. The minimum absolute atomic E-state index is 0.618. The van der Waals surface area contributed by atoms with Crippen molar-refractivity contribution >= 4 is 21.9 Å². The highest BCUT2D eigenvalue weighted by atomic mass is 16.5. The van der Waals surface area contributed by atoms with Crippen LogP contribution in [0.2, 0.25) is 0 Å². The van der Waals surface area contributed by atoms with Gasteiger partial charge in [-0.3, -0.25) is 0 Å². The lowest BCUT2D eigenvalue weighted by Gasteiger charge is -2.23. The van der Waals surface area contributed by atoms with Crippen molar-refractivity contribution < 1.29 is 9.15 Å². The Morgan fingerprint density at radius 2 is 1.95 bits per heavy atom. The highest BCUT2D eigenvalue weighted by molar-refractivity contribution is 6.05. The summed E-state index contributed by atoms with van der Waals surface area (Å²) >= 11 is 0. The van der Waals surface area contributed by atoms with Crippen LogP contribution < -0.4 is 10.1 Å². The van der Waals surface area contributed by atoms with Crippen molar-refractivity contribution in [1.82, 2.24) is 5.32 Å².